The number of anilines is 1. The Morgan fingerprint density at radius 3 is 2.64 bits per heavy atom. The van der Waals surface area contributed by atoms with Crippen molar-refractivity contribution in [3.8, 4) is 0 Å². The Bertz CT molecular complexity index is 556. The van der Waals surface area contributed by atoms with Gasteiger partial charge in [-0.3, -0.25) is 14.9 Å². The van der Waals surface area contributed by atoms with E-state index >= 15 is 0 Å². The molecular formula is C16H23N3O3. The maximum absolute atomic E-state index is 12.2. The first-order valence-corrected chi connectivity index (χ1v) is 7.86. The normalized spacial score (nSPS) is 14.3. The van der Waals surface area contributed by atoms with Gasteiger partial charge in [-0.2, -0.15) is 0 Å². The Hall–Kier alpha value is -1.95. The van der Waals surface area contributed by atoms with Crippen LogP contribution in [0.15, 0.2) is 18.2 Å². The van der Waals surface area contributed by atoms with Crippen LogP contribution in [0.5, 0.6) is 0 Å². The Balaban J connectivity index is 2.09. The van der Waals surface area contributed by atoms with Gasteiger partial charge in [-0.1, -0.05) is 13.8 Å². The Morgan fingerprint density at radius 1 is 1.27 bits per heavy atom. The highest BCUT2D eigenvalue weighted by Crippen LogP contribution is 2.31. The number of non-ortho nitro benzene ring substituents is 1. The molecule has 0 fully saturated rings. The summed E-state index contributed by atoms with van der Waals surface area (Å²) in [6.07, 6.45) is 1.92. The first kappa shape index (κ1) is 16.4. The van der Waals surface area contributed by atoms with E-state index in [-0.39, 0.29) is 16.5 Å². The van der Waals surface area contributed by atoms with Gasteiger partial charge in [-0.05, 0) is 44.1 Å². The molecule has 1 aliphatic heterocycles. The number of benzene rings is 1. The summed E-state index contributed by atoms with van der Waals surface area (Å²) in [6.45, 7) is 7.90. The highest BCUT2D eigenvalue weighted by Gasteiger charge is 2.25. The van der Waals surface area contributed by atoms with Crippen molar-refractivity contribution in [3.63, 3.8) is 0 Å². The predicted octanol–water partition coefficient (Wildman–Crippen LogP) is 2.61. The van der Waals surface area contributed by atoms with Crippen LogP contribution >= 0.6 is 0 Å². The number of amides is 1. The van der Waals surface area contributed by atoms with Crippen molar-refractivity contribution in [2.45, 2.75) is 33.1 Å². The van der Waals surface area contributed by atoms with Gasteiger partial charge in [0.2, 0.25) is 5.91 Å². The van der Waals surface area contributed by atoms with E-state index in [2.05, 4.69) is 18.7 Å². The van der Waals surface area contributed by atoms with Crippen LogP contribution in [0, 0.1) is 10.1 Å². The van der Waals surface area contributed by atoms with Crippen LogP contribution in [0.4, 0.5) is 11.4 Å². The van der Waals surface area contributed by atoms with Gasteiger partial charge in [0.05, 0.1) is 4.92 Å². The van der Waals surface area contributed by atoms with E-state index in [1.165, 1.54) is 6.07 Å². The van der Waals surface area contributed by atoms with Crippen molar-refractivity contribution in [2.24, 2.45) is 0 Å². The fourth-order valence-corrected chi connectivity index (χ4v) is 2.90. The molecule has 1 aromatic rings. The summed E-state index contributed by atoms with van der Waals surface area (Å²) < 4.78 is 0. The van der Waals surface area contributed by atoms with Crippen molar-refractivity contribution in [2.75, 3.05) is 31.1 Å². The maximum Gasteiger partial charge on any atom is 0.269 e. The summed E-state index contributed by atoms with van der Waals surface area (Å²) in [5.41, 5.74) is 1.83. The minimum absolute atomic E-state index is 0.0937. The zero-order valence-electron chi connectivity index (χ0n) is 13.2. The molecule has 1 aliphatic rings. The molecule has 0 saturated heterocycles. The van der Waals surface area contributed by atoms with Crippen molar-refractivity contribution >= 4 is 17.3 Å². The average Bonchev–Trinajstić information content (AvgIpc) is 2.52. The lowest BCUT2D eigenvalue weighted by Crippen LogP contribution is -2.37. The Morgan fingerprint density at radius 2 is 2.00 bits per heavy atom. The number of nitrogens with zero attached hydrogens (tertiary/aromatic N) is 3. The van der Waals surface area contributed by atoms with Gasteiger partial charge in [0.15, 0.2) is 0 Å². The smallest absolute Gasteiger partial charge is 0.269 e. The SMILES string of the molecule is CCN(CC)CCCN1C(=O)CCc2cc([N+](=O)[O-])ccc21. The van der Waals surface area contributed by atoms with Gasteiger partial charge in [0.25, 0.3) is 5.69 Å². The first-order chi connectivity index (χ1) is 10.6. The molecule has 0 radical (unpaired) electrons. The lowest BCUT2D eigenvalue weighted by molar-refractivity contribution is -0.384. The molecule has 0 aromatic heterocycles. The van der Waals surface area contributed by atoms with E-state index in [0.717, 1.165) is 37.3 Å². The van der Waals surface area contributed by atoms with Crippen molar-refractivity contribution in [1.82, 2.24) is 4.90 Å². The molecule has 0 saturated carbocycles. The topological polar surface area (TPSA) is 66.7 Å². The molecule has 1 amide bonds. The molecule has 0 unspecified atom stereocenters. The van der Waals surface area contributed by atoms with E-state index in [4.69, 9.17) is 0 Å². The van der Waals surface area contributed by atoms with Crippen LogP contribution in [0.2, 0.25) is 0 Å². The quantitative estimate of drug-likeness (QED) is 0.573. The van der Waals surface area contributed by atoms with Crippen LogP contribution in [0.1, 0.15) is 32.3 Å². The lowest BCUT2D eigenvalue weighted by atomic mass is 10.00. The second-order valence-corrected chi connectivity index (χ2v) is 5.50. The van der Waals surface area contributed by atoms with Gasteiger partial charge < -0.3 is 9.80 Å². The highest BCUT2D eigenvalue weighted by atomic mass is 16.6. The molecule has 1 heterocycles. The number of carbonyl (C=O) groups excluding carboxylic acids is 1. The summed E-state index contributed by atoms with van der Waals surface area (Å²) in [5.74, 6) is 0.112. The Labute approximate surface area is 130 Å². The highest BCUT2D eigenvalue weighted by molar-refractivity contribution is 5.96. The van der Waals surface area contributed by atoms with E-state index in [0.29, 0.717) is 19.4 Å². The first-order valence-electron chi connectivity index (χ1n) is 7.86. The molecule has 2 rings (SSSR count). The number of hydrogen-bond acceptors (Lipinski definition) is 4. The van der Waals surface area contributed by atoms with Crippen LogP contribution in [0.3, 0.4) is 0 Å². The lowest BCUT2D eigenvalue weighted by Gasteiger charge is -2.30. The molecular weight excluding hydrogens is 282 g/mol. The van der Waals surface area contributed by atoms with Gasteiger partial charge in [0.1, 0.15) is 0 Å². The predicted molar refractivity (Wildman–Crippen MR) is 86.2 cm³/mol. The van der Waals surface area contributed by atoms with Crippen LogP contribution < -0.4 is 4.90 Å². The second kappa shape index (κ2) is 7.35. The van der Waals surface area contributed by atoms with Crippen molar-refractivity contribution < 1.29 is 9.72 Å². The van der Waals surface area contributed by atoms with Crippen LogP contribution in [-0.2, 0) is 11.2 Å². The minimum atomic E-state index is -0.387. The summed E-state index contributed by atoms with van der Waals surface area (Å²) >= 11 is 0. The minimum Gasteiger partial charge on any atom is -0.312 e. The number of carbonyl (C=O) groups is 1. The van der Waals surface area contributed by atoms with E-state index in [1.807, 2.05) is 0 Å². The molecule has 1 aromatic carbocycles. The number of nitro groups is 1. The molecule has 0 bridgehead atoms. The number of aryl methyl sites for hydroxylation is 1. The summed E-state index contributed by atoms with van der Waals surface area (Å²) in [6, 6.07) is 4.79. The average molecular weight is 305 g/mol. The third-order valence-electron chi connectivity index (χ3n) is 4.22. The number of nitro benzene ring substituents is 1. The number of rotatable bonds is 7. The van der Waals surface area contributed by atoms with E-state index in [9.17, 15) is 14.9 Å². The van der Waals surface area contributed by atoms with E-state index < -0.39 is 0 Å². The Kier molecular flexibility index (Phi) is 5.49. The molecule has 6 nitrogen and oxygen atoms in total. The third-order valence-corrected chi connectivity index (χ3v) is 4.22. The fraction of sp³-hybridized carbons (Fsp3) is 0.562. The molecule has 120 valence electrons. The van der Waals surface area contributed by atoms with Crippen molar-refractivity contribution in [1.29, 1.82) is 0 Å². The molecule has 0 atom stereocenters. The standard InChI is InChI=1S/C16H23N3O3/c1-3-17(4-2)10-5-11-18-15-8-7-14(19(21)22)12-13(15)6-9-16(18)20/h7-8,12H,3-6,9-11H2,1-2H3. The largest absolute Gasteiger partial charge is 0.312 e. The number of hydrogen-bond donors (Lipinski definition) is 0. The molecule has 0 aliphatic carbocycles. The monoisotopic (exact) mass is 305 g/mol. The number of fused-ring (bicyclic) bond motifs is 1. The second-order valence-electron chi connectivity index (χ2n) is 5.50. The van der Waals surface area contributed by atoms with Crippen molar-refractivity contribution in [3.05, 3.63) is 33.9 Å². The molecule has 0 spiro atoms. The van der Waals surface area contributed by atoms with Gasteiger partial charge in [-0.15, -0.1) is 0 Å². The van der Waals surface area contributed by atoms with Gasteiger partial charge in [-0.25, -0.2) is 0 Å². The molecule has 0 N–H and O–H groups in total. The van der Waals surface area contributed by atoms with Gasteiger partial charge >= 0.3 is 0 Å². The summed E-state index contributed by atoms with van der Waals surface area (Å²) in [4.78, 5) is 26.8. The maximum atomic E-state index is 12.2. The van der Waals surface area contributed by atoms with Crippen LogP contribution in [-0.4, -0.2) is 41.9 Å². The molecule has 6 heteroatoms. The van der Waals surface area contributed by atoms with E-state index in [1.54, 1.807) is 17.0 Å². The van der Waals surface area contributed by atoms with Gasteiger partial charge in [0, 0.05) is 30.8 Å². The fourth-order valence-electron chi connectivity index (χ4n) is 2.90. The zero-order valence-corrected chi connectivity index (χ0v) is 13.2. The summed E-state index contributed by atoms with van der Waals surface area (Å²) in [5, 5.41) is 10.9. The van der Waals surface area contributed by atoms with Crippen LogP contribution in [0.25, 0.3) is 0 Å². The summed E-state index contributed by atoms with van der Waals surface area (Å²) in [7, 11) is 0. The third kappa shape index (κ3) is 3.62. The molecule has 22 heavy (non-hydrogen) atoms. The zero-order chi connectivity index (χ0) is 16.1.